The smallest absolute Gasteiger partial charge is 0.410 e. The minimum atomic E-state index is -0.531. The molecule has 138 valence electrons. The lowest BCUT2D eigenvalue weighted by molar-refractivity contribution is 0.0206. The van der Waals surface area contributed by atoms with Gasteiger partial charge in [0, 0.05) is 25.3 Å². The largest absolute Gasteiger partial charge is 0.444 e. The fourth-order valence-electron chi connectivity index (χ4n) is 2.98. The van der Waals surface area contributed by atoms with Gasteiger partial charge >= 0.3 is 6.09 Å². The van der Waals surface area contributed by atoms with E-state index >= 15 is 0 Å². The van der Waals surface area contributed by atoms with Crippen molar-refractivity contribution >= 4 is 34.5 Å². The van der Waals surface area contributed by atoms with Gasteiger partial charge in [0.25, 0.3) is 0 Å². The molecule has 0 unspecified atom stereocenters. The molecule has 1 aliphatic heterocycles. The molecule has 3 heterocycles. The number of nitrogens with zero attached hydrogens (tertiary/aromatic N) is 4. The van der Waals surface area contributed by atoms with Crippen LogP contribution in [0.1, 0.15) is 39.2 Å². The molecule has 2 N–H and O–H groups in total. The maximum absolute atomic E-state index is 12.3. The zero-order valence-corrected chi connectivity index (χ0v) is 15.7. The van der Waals surface area contributed by atoms with Gasteiger partial charge in [0.2, 0.25) is 5.28 Å². The van der Waals surface area contributed by atoms with Gasteiger partial charge in [-0.05, 0) is 45.2 Å². The Morgan fingerprint density at radius 2 is 2.27 bits per heavy atom. The second-order valence-corrected chi connectivity index (χ2v) is 7.63. The van der Waals surface area contributed by atoms with Crippen LogP contribution in [-0.4, -0.2) is 50.7 Å². The summed E-state index contributed by atoms with van der Waals surface area (Å²) >= 11 is 6.00. The van der Waals surface area contributed by atoms with Crippen molar-refractivity contribution in [3.63, 3.8) is 0 Å². The number of nitrogens with one attached hydrogen (secondary N) is 2. The number of halogens is 1. The summed E-state index contributed by atoms with van der Waals surface area (Å²) in [6.07, 6.45) is 2.97. The molecule has 0 radical (unpaired) electrons. The third-order valence-corrected chi connectivity index (χ3v) is 4.21. The van der Waals surface area contributed by atoms with Crippen molar-refractivity contribution in [2.24, 2.45) is 0 Å². The Hall–Kier alpha value is -2.53. The van der Waals surface area contributed by atoms with Gasteiger partial charge in [-0.2, -0.15) is 15.2 Å². The van der Waals surface area contributed by atoms with E-state index < -0.39 is 5.60 Å². The molecule has 0 spiro atoms. The fraction of sp³-hybridized carbons (Fsp3) is 0.529. The summed E-state index contributed by atoms with van der Waals surface area (Å²) in [5.41, 5.74) is 0.416. The summed E-state index contributed by atoms with van der Waals surface area (Å²) in [6.45, 7) is 6.68. The number of aromatic amines is 1. The number of H-pyrrole nitrogens is 1. The molecule has 3 rings (SSSR count). The Morgan fingerprint density at radius 3 is 2.96 bits per heavy atom. The predicted molar refractivity (Wildman–Crippen MR) is 98.1 cm³/mol. The summed E-state index contributed by atoms with van der Waals surface area (Å²) in [5, 5.41) is 13.3. The standard InChI is InChI=1S/C17H21ClN6O2/c1-17(2,3)26-16(25)24-6-4-5-11(9-24)21-14-12-10(7-19)8-20-13(12)22-15(18)23-14/h8,11H,4-6,9H2,1-3H3,(H2,20,21,22,23)/t11-/m1/s1. The highest BCUT2D eigenvalue weighted by molar-refractivity contribution is 6.28. The van der Waals surface area contributed by atoms with Crippen LogP contribution in [0.15, 0.2) is 6.20 Å². The number of nitriles is 1. The Morgan fingerprint density at radius 1 is 1.50 bits per heavy atom. The number of anilines is 1. The first-order valence-electron chi connectivity index (χ1n) is 8.46. The molecule has 1 fully saturated rings. The number of fused-ring (bicyclic) bond motifs is 1. The molecular weight excluding hydrogens is 356 g/mol. The molecular formula is C17H21ClN6O2. The number of amides is 1. The summed E-state index contributed by atoms with van der Waals surface area (Å²) in [4.78, 5) is 25.3. The first-order valence-corrected chi connectivity index (χ1v) is 8.84. The van der Waals surface area contributed by atoms with Crippen molar-refractivity contribution in [3.05, 3.63) is 17.0 Å². The molecule has 8 nitrogen and oxygen atoms in total. The van der Waals surface area contributed by atoms with E-state index in [1.807, 2.05) is 20.8 Å². The number of carbonyl (C=O) groups is 1. The van der Waals surface area contributed by atoms with E-state index in [-0.39, 0.29) is 17.4 Å². The first-order chi connectivity index (χ1) is 12.3. The van der Waals surface area contributed by atoms with Crippen molar-refractivity contribution in [2.45, 2.75) is 45.3 Å². The minimum Gasteiger partial charge on any atom is -0.444 e. The van der Waals surface area contributed by atoms with Crippen LogP contribution >= 0.6 is 11.6 Å². The average molecular weight is 377 g/mol. The van der Waals surface area contributed by atoms with Crippen LogP contribution in [-0.2, 0) is 4.74 Å². The lowest BCUT2D eigenvalue weighted by Crippen LogP contribution is -2.47. The van der Waals surface area contributed by atoms with E-state index in [1.54, 1.807) is 11.1 Å². The van der Waals surface area contributed by atoms with Crippen molar-refractivity contribution in [1.82, 2.24) is 19.9 Å². The number of piperidine rings is 1. The predicted octanol–water partition coefficient (Wildman–Crippen LogP) is 3.29. The van der Waals surface area contributed by atoms with Crippen LogP contribution < -0.4 is 5.32 Å². The van der Waals surface area contributed by atoms with Crippen LogP contribution in [0.2, 0.25) is 5.28 Å². The fourth-order valence-corrected chi connectivity index (χ4v) is 3.15. The van der Waals surface area contributed by atoms with Gasteiger partial charge in [0.05, 0.1) is 10.9 Å². The van der Waals surface area contributed by atoms with Crippen molar-refractivity contribution in [2.75, 3.05) is 18.4 Å². The maximum Gasteiger partial charge on any atom is 0.410 e. The molecule has 1 amide bonds. The highest BCUT2D eigenvalue weighted by atomic mass is 35.5. The second-order valence-electron chi connectivity index (χ2n) is 7.29. The first kappa shape index (κ1) is 18.3. The Bertz CT molecular complexity index is 866. The van der Waals surface area contributed by atoms with Crippen LogP contribution in [0, 0.1) is 11.3 Å². The van der Waals surface area contributed by atoms with E-state index in [0.29, 0.717) is 35.5 Å². The number of rotatable bonds is 2. The quantitative estimate of drug-likeness (QED) is 0.779. The van der Waals surface area contributed by atoms with Gasteiger partial charge in [-0.25, -0.2) is 4.79 Å². The number of aromatic nitrogens is 3. The number of ether oxygens (including phenoxy) is 1. The Labute approximate surface area is 156 Å². The van der Waals surface area contributed by atoms with E-state index in [1.165, 1.54) is 0 Å². The SMILES string of the molecule is CC(C)(C)OC(=O)N1CCC[C@@H](Nc2nc(Cl)nc3[nH]cc(C#N)c23)C1. The molecule has 1 aliphatic rings. The molecule has 0 aromatic carbocycles. The Balaban J connectivity index is 1.79. The monoisotopic (exact) mass is 376 g/mol. The van der Waals surface area contributed by atoms with E-state index in [4.69, 9.17) is 16.3 Å². The lowest BCUT2D eigenvalue weighted by atomic mass is 10.1. The highest BCUT2D eigenvalue weighted by Crippen LogP contribution is 2.27. The second kappa shape index (κ2) is 7.00. The number of hydrogen-bond acceptors (Lipinski definition) is 6. The van der Waals surface area contributed by atoms with Crippen LogP contribution in [0.5, 0.6) is 0 Å². The summed E-state index contributed by atoms with van der Waals surface area (Å²) in [5.74, 6) is 0.494. The molecule has 2 aromatic rings. The Kier molecular flexibility index (Phi) is 4.92. The summed E-state index contributed by atoms with van der Waals surface area (Å²) in [6, 6.07) is 2.10. The molecule has 0 aliphatic carbocycles. The number of carbonyl (C=O) groups excluding carboxylic acids is 1. The molecule has 0 saturated carbocycles. The molecule has 9 heteroatoms. The van der Waals surface area contributed by atoms with Gasteiger partial charge in [-0.3, -0.25) is 0 Å². The highest BCUT2D eigenvalue weighted by Gasteiger charge is 2.28. The number of hydrogen-bond donors (Lipinski definition) is 2. The third kappa shape index (κ3) is 3.99. The topological polar surface area (TPSA) is 107 Å². The van der Waals surface area contributed by atoms with Gasteiger partial charge in [-0.15, -0.1) is 0 Å². The molecule has 1 saturated heterocycles. The zero-order valence-electron chi connectivity index (χ0n) is 15.0. The van der Waals surface area contributed by atoms with Gasteiger partial charge in [0.1, 0.15) is 23.1 Å². The lowest BCUT2D eigenvalue weighted by Gasteiger charge is -2.34. The summed E-state index contributed by atoms with van der Waals surface area (Å²) < 4.78 is 5.45. The third-order valence-electron chi connectivity index (χ3n) is 4.04. The maximum atomic E-state index is 12.3. The molecule has 26 heavy (non-hydrogen) atoms. The van der Waals surface area contributed by atoms with Crippen LogP contribution in [0.3, 0.4) is 0 Å². The molecule has 0 bridgehead atoms. The normalized spacial score (nSPS) is 17.8. The van der Waals surface area contributed by atoms with Gasteiger partial charge in [0.15, 0.2) is 0 Å². The van der Waals surface area contributed by atoms with E-state index in [9.17, 15) is 10.1 Å². The molecule has 1 atom stereocenters. The van der Waals surface area contributed by atoms with Crippen molar-refractivity contribution < 1.29 is 9.53 Å². The van der Waals surface area contributed by atoms with Crippen molar-refractivity contribution in [1.29, 1.82) is 5.26 Å². The average Bonchev–Trinajstić information content (AvgIpc) is 2.96. The van der Waals surface area contributed by atoms with Crippen LogP contribution in [0.4, 0.5) is 10.6 Å². The van der Waals surface area contributed by atoms with E-state index in [0.717, 1.165) is 12.8 Å². The zero-order chi connectivity index (χ0) is 18.9. The van der Waals surface area contributed by atoms with Crippen LogP contribution in [0.25, 0.3) is 11.0 Å². The minimum absolute atomic E-state index is 0.0214. The van der Waals surface area contributed by atoms with Gasteiger partial charge in [-0.1, -0.05) is 0 Å². The molecule has 2 aromatic heterocycles. The number of likely N-dealkylation sites (tertiary alicyclic amines) is 1. The van der Waals surface area contributed by atoms with Gasteiger partial charge < -0.3 is 19.9 Å². The summed E-state index contributed by atoms with van der Waals surface area (Å²) in [7, 11) is 0. The van der Waals surface area contributed by atoms with E-state index in [2.05, 4.69) is 26.3 Å². The van der Waals surface area contributed by atoms with Crippen molar-refractivity contribution in [3.8, 4) is 6.07 Å².